The van der Waals surface area contributed by atoms with Gasteiger partial charge < -0.3 is 31.1 Å². The number of hydrogen-bond donors (Lipinski definition) is 4. The molecule has 4 aliphatic rings. The number of esters is 1. The van der Waals surface area contributed by atoms with Crippen LogP contribution in [0.2, 0.25) is 0 Å². The number of nitrogens with two attached hydrogens (primary N) is 1. The van der Waals surface area contributed by atoms with Crippen LogP contribution in [0.1, 0.15) is 69.4 Å². The maximum absolute atomic E-state index is 13.9. The fourth-order valence-corrected chi connectivity index (χ4v) is 9.09. The minimum absolute atomic E-state index is 0.0421. The summed E-state index contributed by atoms with van der Waals surface area (Å²) in [5.74, 6) is 0.416. The Kier molecular flexibility index (Phi) is 13.1. The third-order valence-corrected chi connectivity index (χ3v) is 11.4. The topological polar surface area (TPSA) is 180 Å². The number of likely N-dealkylation sites (N-methyl/N-ethyl adjacent to an activating group) is 1. The quantitative estimate of drug-likeness (QED) is 0.109. The molecule has 3 amide bonds. The SMILES string of the molecule is CC(N)=N[C@@H](Cc1ccc(O)cc1)C(=O)N[C@H](CCS(C)=O)C(=O)N[C@@H](Cc1ccccc1)C(=O)N(C)CCC(=O)OC12CC3CC(CC(C3)C1)C2. The summed E-state index contributed by atoms with van der Waals surface area (Å²) in [4.78, 5) is 60.4. The van der Waals surface area contributed by atoms with Crippen molar-refractivity contribution in [3.05, 3.63) is 65.7 Å². The van der Waals surface area contributed by atoms with E-state index in [9.17, 15) is 28.5 Å². The van der Waals surface area contributed by atoms with Gasteiger partial charge in [-0.15, -0.1) is 0 Å². The number of amides is 3. The molecule has 13 heteroatoms. The van der Waals surface area contributed by atoms with Crippen LogP contribution in [0.4, 0.5) is 0 Å². The first-order chi connectivity index (χ1) is 24.8. The summed E-state index contributed by atoms with van der Waals surface area (Å²) >= 11 is 0. The summed E-state index contributed by atoms with van der Waals surface area (Å²) in [6.45, 7) is 1.68. The lowest BCUT2D eigenvalue weighted by Crippen LogP contribution is -2.56. The van der Waals surface area contributed by atoms with E-state index >= 15 is 0 Å². The summed E-state index contributed by atoms with van der Waals surface area (Å²) in [5.41, 5.74) is 7.03. The smallest absolute Gasteiger partial charge is 0.308 e. The van der Waals surface area contributed by atoms with Crippen molar-refractivity contribution in [3.8, 4) is 5.75 Å². The van der Waals surface area contributed by atoms with E-state index in [0.717, 1.165) is 30.4 Å². The molecule has 5 N–H and O–H groups in total. The summed E-state index contributed by atoms with van der Waals surface area (Å²) in [6, 6.07) is 12.5. The molecular weight excluding hydrogens is 683 g/mol. The molecule has 4 atom stereocenters. The van der Waals surface area contributed by atoms with Crippen molar-refractivity contribution in [2.75, 3.05) is 25.6 Å². The van der Waals surface area contributed by atoms with Crippen molar-refractivity contribution in [2.24, 2.45) is 28.5 Å². The highest BCUT2D eigenvalue weighted by Crippen LogP contribution is 2.57. The molecule has 0 saturated heterocycles. The van der Waals surface area contributed by atoms with E-state index in [4.69, 9.17) is 10.5 Å². The Balaban J connectivity index is 1.26. The van der Waals surface area contributed by atoms with Gasteiger partial charge in [-0.05, 0) is 92.9 Å². The number of nitrogens with zero attached hydrogens (tertiary/aromatic N) is 2. The zero-order valence-corrected chi connectivity index (χ0v) is 31.2. The van der Waals surface area contributed by atoms with Crippen molar-refractivity contribution in [1.82, 2.24) is 15.5 Å². The largest absolute Gasteiger partial charge is 0.508 e. The Morgan fingerprint density at radius 1 is 0.923 bits per heavy atom. The average molecular weight is 736 g/mol. The third kappa shape index (κ3) is 10.9. The van der Waals surface area contributed by atoms with Crippen molar-refractivity contribution in [3.63, 3.8) is 0 Å². The van der Waals surface area contributed by atoms with Crippen LogP contribution >= 0.6 is 0 Å². The number of phenolic OH excluding ortho intramolecular Hbond substituents is 1. The molecule has 2 aromatic rings. The molecular formula is C39H53N5O7S. The first kappa shape index (κ1) is 39.0. The Morgan fingerprint density at radius 3 is 2.08 bits per heavy atom. The number of benzene rings is 2. The van der Waals surface area contributed by atoms with Crippen LogP contribution in [-0.2, 0) is 47.6 Å². The zero-order chi connectivity index (χ0) is 37.4. The first-order valence-corrected chi connectivity index (χ1v) is 20.0. The molecule has 52 heavy (non-hydrogen) atoms. The molecule has 4 fully saturated rings. The van der Waals surface area contributed by atoms with Gasteiger partial charge in [-0.3, -0.25) is 28.4 Å². The average Bonchev–Trinajstić information content (AvgIpc) is 3.08. The van der Waals surface area contributed by atoms with Gasteiger partial charge in [0.25, 0.3) is 0 Å². The fourth-order valence-electron chi connectivity index (χ4n) is 8.52. The van der Waals surface area contributed by atoms with Crippen molar-refractivity contribution in [1.29, 1.82) is 0 Å². The molecule has 4 bridgehead atoms. The molecule has 0 aromatic heterocycles. The number of rotatable bonds is 17. The van der Waals surface area contributed by atoms with Crippen molar-refractivity contribution >= 4 is 40.3 Å². The van der Waals surface area contributed by atoms with Gasteiger partial charge in [0.15, 0.2) is 0 Å². The minimum atomic E-state index is -1.27. The van der Waals surface area contributed by atoms with Crippen LogP contribution in [0.25, 0.3) is 0 Å². The summed E-state index contributed by atoms with van der Waals surface area (Å²) in [7, 11) is 0.337. The highest BCUT2D eigenvalue weighted by atomic mass is 32.2. The van der Waals surface area contributed by atoms with Crippen molar-refractivity contribution < 1.29 is 33.2 Å². The van der Waals surface area contributed by atoms with Crippen LogP contribution < -0.4 is 16.4 Å². The number of ether oxygens (including phenoxy) is 1. The van der Waals surface area contributed by atoms with E-state index in [2.05, 4.69) is 15.6 Å². The molecule has 6 rings (SSSR count). The van der Waals surface area contributed by atoms with E-state index in [0.29, 0.717) is 17.8 Å². The Bertz CT molecular complexity index is 1590. The second-order valence-corrected chi connectivity index (χ2v) is 16.7. The summed E-state index contributed by atoms with van der Waals surface area (Å²) in [6.07, 6.45) is 8.46. The van der Waals surface area contributed by atoms with E-state index in [1.54, 1.807) is 26.1 Å². The van der Waals surface area contributed by atoms with Crippen LogP contribution in [0.15, 0.2) is 59.6 Å². The van der Waals surface area contributed by atoms with E-state index in [-0.39, 0.29) is 61.1 Å². The van der Waals surface area contributed by atoms with Crippen molar-refractivity contribution in [2.45, 2.75) is 94.9 Å². The van der Waals surface area contributed by atoms with Gasteiger partial charge in [-0.2, -0.15) is 0 Å². The second kappa shape index (κ2) is 17.5. The van der Waals surface area contributed by atoms with Gasteiger partial charge >= 0.3 is 5.97 Å². The molecule has 4 aliphatic carbocycles. The van der Waals surface area contributed by atoms with Gasteiger partial charge in [0.05, 0.1) is 12.3 Å². The number of amidine groups is 1. The molecule has 4 saturated carbocycles. The van der Waals surface area contributed by atoms with Gasteiger partial charge in [0.2, 0.25) is 17.7 Å². The molecule has 0 radical (unpaired) electrons. The number of carbonyl (C=O) groups is 4. The molecule has 12 nitrogen and oxygen atoms in total. The molecule has 1 unspecified atom stereocenters. The van der Waals surface area contributed by atoms with Crippen LogP contribution in [-0.4, -0.2) is 93.1 Å². The van der Waals surface area contributed by atoms with E-state index in [1.165, 1.54) is 42.6 Å². The summed E-state index contributed by atoms with van der Waals surface area (Å²) in [5, 5.41) is 15.3. The summed E-state index contributed by atoms with van der Waals surface area (Å²) < 4.78 is 18.3. The van der Waals surface area contributed by atoms with Crippen LogP contribution in [0.5, 0.6) is 5.75 Å². The molecule has 0 spiro atoms. The maximum atomic E-state index is 13.9. The Hall–Kier alpha value is -4.26. The van der Waals surface area contributed by atoms with E-state index < -0.39 is 46.6 Å². The van der Waals surface area contributed by atoms with Crippen LogP contribution in [0, 0.1) is 17.8 Å². The number of phenols is 1. The van der Waals surface area contributed by atoms with Gasteiger partial charge in [0.1, 0.15) is 29.5 Å². The number of aliphatic imine (C=N–C) groups is 1. The zero-order valence-electron chi connectivity index (χ0n) is 30.4. The maximum Gasteiger partial charge on any atom is 0.308 e. The predicted molar refractivity (Wildman–Crippen MR) is 200 cm³/mol. The standard InChI is InChI=1S/C39H53N5O7S/c1-25(40)41-33(20-27-9-11-31(45)12-10-27)37(48)42-32(14-16-52(3)50)36(47)43-34(21-26-7-5-4-6-8-26)38(49)44(2)15-13-35(46)51-39-22-28-17-29(23-39)19-30(18-28)24-39/h4-12,28-30,32-34,45H,13-24H2,1-3H3,(H2,40,41)(H,42,48)(H,43,47)/t28?,29?,30?,32-,33+,34+,39?,52?/m1/s1. The number of carbonyl (C=O) groups excluding carboxylic acids is 4. The highest BCUT2D eigenvalue weighted by molar-refractivity contribution is 7.84. The number of nitrogens with one attached hydrogen (secondary N) is 2. The first-order valence-electron chi connectivity index (χ1n) is 18.3. The van der Waals surface area contributed by atoms with E-state index in [1.807, 2.05) is 30.3 Å². The van der Waals surface area contributed by atoms with Gasteiger partial charge in [-0.25, -0.2) is 0 Å². The number of hydrogen-bond acceptors (Lipinski definition) is 8. The monoisotopic (exact) mass is 735 g/mol. The van der Waals surface area contributed by atoms with Crippen LogP contribution in [0.3, 0.4) is 0 Å². The molecule has 2 aromatic carbocycles. The number of aromatic hydroxyl groups is 1. The lowest BCUT2D eigenvalue weighted by molar-refractivity contribution is -0.186. The normalized spacial score (nSPS) is 24.3. The minimum Gasteiger partial charge on any atom is -0.508 e. The molecule has 0 heterocycles. The highest BCUT2D eigenvalue weighted by Gasteiger charge is 2.53. The lowest BCUT2D eigenvalue weighted by atomic mass is 9.54. The molecule has 0 aliphatic heterocycles. The van der Waals surface area contributed by atoms with Gasteiger partial charge in [0, 0.05) is 49.2 Å². The fraction of sp³-hybridized carbons (Fsp3) is 0.564. The lowest BCUT2D eigenvalue weighted by Gasteiger charge is -2.55. The Labute approximate surface area is 308 Å². The predicted octanol–water partition coefficient (Wildman–Crippen LogP) is 3.02. The molecule has 282 valence electrons. The Morgan fingerprint density at radius 2 is 1.50 bits per heavy atom. The third-order valence-electron chi connectivity index (χ3n) is 10.6. The second-order valence-electron chi connectivity index (χ2n) is 15.1. The van der Waals surface area contributed by atoms with Gasteiger partial charge in [-0.1, -0.05) is 42.5 Å².